The zero-order valence-electron chi connectivity index (χ0n) is 20.6. The van der Waals surface area contributed by atoms with E-state index in [-0.39, 0.29) is 55.0 Å². The van der Waals surface area contributed by atoms with Crippen molar-refractivity contribution in [2.75, 3.05) is 0 Å². The molecule has 0 radical (unpaired) electrons. The van der Waals surface area contributed by atoms with E-state index in [9.17, 15) is 26.3 Å². The molecule has 0 saturated heterocycles. The van der Waals surface area contributed by atoms with Gasteiger partial charge in [-0.3, -0.25) is 0 Å². The number of hydrogen-bond donors (Lipinski definition) is 0. The summed E-state index contributed by atoms with van der Waals surface area (Å²) in [4.78, 5) is 0. The molecular formula is C32H10F10. The van der Waals surface area contributed by atoms with Crippen LogP contribution in [0.15, 0.2) is 60.7 Å². The summed E-state index contributed by atoms with van der Waals surface area (Å²) in [5, 5.41) is 0.0678. The summed E-state index contributed by atoms with van der Waals surface area (Å²) < 4.78 is 145. The fourth-order valence-corrected chi connectivity index (χ4v) is 5.81. The minimum Gasteiger partial charge on any atom is -0.203 e. The molecule has 0 nitrogen and oxygen atoms in total. The van der Waals surface area contributed by atoms with Gasteiger partial charge >= 0.3 is 0 Å². The van der Waals surface area contributed by atoms with E-state index in [1.807, 2.05) is 0 Å². The van der Waals surface area contributed by atoms with E-state index in [1.165, 1.54) is 48.5 Å². The fourth-order valence-electron chi connectivity index (χ4n) is 5.81. The number of benzene rings is 5. The molecule has 0 saturated carbocycles. The average molecular weight is 584 g/mol. The SMILES string of the molecule is Fc1c(F)c(F)c(C2=c3cc4c(cc3-c3ccccc32)=C(c2c(F)c(F)c(F)c(F)c2F)c2ccccc2-4)c(F)c1F. The second kappa shape index (κ2) is 8.82. The summed E-state index contributed by atoms with van der Waals surface area (Å²) in [5.41, 5.74) is -1.87. The van der Waals surface area contributed by atoms with Crippen LogP contribution in [0.25, 0.3) is 33.4 Å². The number of fused-ring (bicyclic) bond motifs is 6. The first-order chi connectivity index (χ1) is 20.0. The molecule has 7 rings (SSSR count). The van der Waals surface area contributed by atoms with Crippen LogP contribution in [0.5, 0.6) is 0 Å². The molecule has 2 aliphatic rings. The van der Waals surface area contributed by atoms with Crippen LogP contribution in [0.4, 0.5) is 43.9 Å². The van der Waals surface area contributed by atoms with E-state index < -0.39 is 69.3 Å². The molecule has 0 fully saturated rings. The number of rotatable bonds is 2. The van der Waals surface area contributed by atoms with Gasteiger partial charge in [-0.05, 0) is 56.0 Å². The highest BCUT2D eigenvalue weighted by Gasteiger charge is 2.35. The van der Waals surface area contributed by atoms with Crippen LogP contribution in [-0.2, 0) is 0 Å². The first-order valence-electron chi connectivity index (χ1n) is 12.2. The van der Waals surface area contributed by atoms with Crippen molar-refractivity contribution in [2.24, 2.45) is 0 Å². The van der Waals surface area contributed by atoms with Crippen LogP contribution in [0.1, 0.15) is 22.3 Å². The van der Waals surface area contributed by atoms with Crippen LogP contribution >= 0.6 is 0 Å². The van der Waals surface area contributed by atoms with E-state index in [0.717, 1.165) is 0 Å². The van der Waals surface area contributed by atoms with Crippen molar-refractivity contribution in [3.8, 4) is 22.3 Å². The zero-order valence-corrected chi connectivity index (χ0v) is 20.6. The van der Waals surface area contributed by atoms with E-state index >= 15 is 17.6 Å². The zero-order chi connectivity index (χ0) is 29.8. The third-order valence-corrected chi connectivity index (χ3v) is 7.59. The van der Waals surface area contributed by atoms with Gasteiger partial charge in [-0.2, -0.15) is 0 Å². The lowest BCUT2D eigenvalue weighted by atomic mass is 9.95. The van der Waals surface area contributed by atoms with Crippen molar-refractivity contribution in [1.82, 2.24) is 0 Å². The Bertz CT molecular complexity index is 1980. The Kier molecular flexibility index (Phi) is 5.47. The third kappa shape index (κ3) is 3.20. The maximum atomic E-state index is 15.1. The van der Waals surface area contributed by atoms with Crippen molar-refractivity contribution in [3.63, 3.8) is 0 Å². The minimum atomic E-state index is -2.33. The normalized spacial score (nSPS) is 12.9. The van der Waals surface area contributed by atoms with Gasteiger partial charge < -0.3 is 0 Å². The summed E-state index contributed by atoms with van der Waals surface area (Å²) in [6, 6.07) is 14.5. The summed E-state index contributed by atoms with van der Waals surface area (Å²) in [6.45, 7) is 0. The molecule has 0 spiro atoms. The summed E-state index contributed by atoms with van der Waals surface area (Å²) in [6.07, 6.45) is 0. The largest absolute Gasteiger partial charge is 0.203 e. The van der Waals surface area contributed by atoms with Crippen LogP contribution < -0.4 is 10.4 Å². The van der Waals surface area contributed by atoms with E-state index in [1.54, 1.807) is 12.1 Å². The maximum Gasteiger partial charge on any atom is 0.200 e. The molecule has 0 N–H and O–H groups in total. The second-order valence-corrected chi connectivity index (χ2v) is 9.67. The summed E-state index contributed by atoms with van der Waals surface area (Å²) in [7, 11) is 0. The highest BCUT2D eigenvalue weighted by atomic mass is 19.2. The second-order valence-electron chi connectivity index (χ2n) is 9.67. The Morgan fingerprint density at radius 1 is 0.286 bits per heavy atom. The van der Waals surface area contributed by atoms with Crippen LogP contribution in [0, 0.1) is 58.2 Å². The van der Waals surface area contributed by atoms with Crippen molar-refractivity contribution in [1.29, 1.82) is 0 Å². The highest BCUT2D eigenvalue weighted by Crippen LogP contribution is 2.42. The monoisotopic (exact) mass is 584 g/mol. The van der Waals surface area contributed by atoms with Gasteiger partial charge in [-0.1, -0.05) is 48.5 Å². The number of halogens is 10. The van der Waals surface area contributed by atoms with Gasteiger partial charge in [0.15, 0.2) is 46.5 Å². The van der Waals surface area contributed by atoms with Crippen molar-refractivity contribution in [2.45, 2.75) is 0 Å². The molecule has 208 valence electrons. The molecule has 0 unspecified atom stereocenters. The summed E-state index contributed by atoms with van der Waals surface area (Å²) in [5.74, 6) is -21.5. The Balaban J connectivity index is 1.69. The lowest BCUT2D eigenvalue weighted by Gasteiger charge is -2.11. The summed E-state index contributed by atoms with van der Waals surface area (Å²) >= 11 is 0. The fraction of sp³-hybridized carbons (Fsp3) is 0. The van der Waals surface area contributed by atoms with Gasteiger partial charge in [0.25, 0.3) is 0 Å². The van der Waals surface area contributed by atoms with Crippen LogP contribution in [-0.4, -0.2) is 0 Å². The quantitative estimate of drug-likeness (QED) is 0.112. The number of hydrogen-bond acceptors (Lipinski definition) is 0. The Labute approximate surface area is 229 Å². The average Bonchev–Trinajstić information content (AvgIpc) is 3.49. The van der Waals surface area contributed by atoms with Gasteiger partial charge in [-0.25, -0.2) is 43.9 Å². The predicted octanol–water partition coefficient (Wildman–Crippen LogP) is 7.53. The minimum absolute atomic E-state index is 0.0339. The molecule has 0 atom stereocenters. The third-order valence-electron chi connectivity index (χ3n) is 7.59. The van der Waals surface area contributed by atoms with Crippen LogP contribution in [0.2, 0.25) is 0 Å². The lowest BCUT2D eigenvalue weighted by Crippen LogP contribution is -2.18. The molecule has 42 heavy (non-hydrogen) atoms. The van der Waals surface area contributed by atoms with Crippen molar-refractivity contribution in [3.05, 3.63) is 152 Å². The van der Waals surface area contributed by atoms with Gasteiger partial charge in [-0.15, -0.1) is 0 Å². The molecule has 0 bridgehead atoms. The van der Waals surface area contributed by atoms with E-state index in [0.29, 0.717) is 0 Å². The van der Waals surface area contributed by atoms with Crippen molar-refractivity contribution >= 4 is 11.1 Å². The molecule has 0 heterocycles. The Morgan fingerprint density at radius 3 is 0.857 bits per heavy atom. The molecule has 5 aromatic rings. The van der Waals surface area contributed by atoms with Crippen LogP contribution in [0.3, 0.4) is 0 Å². The standard InChI is InChI=1S/C32H10F10/c33-23-21(24(34)28(38)31(41)27(23)37)19-13-7-3-1-5-11(13)15-9-18-16(10-17(15)19)12-6-2-4-8-14(12)20(18)22-25(35)29(39)32(42)30(40)26(22)36/h1-10H. The molecule has 0 amide bonds. The van der Waals surface area contributed by atoms with E-state index in [2.05, 4.69) is 0 Å². The smallest absolute Gasteiger partial charge is 0.200 e. The first kappa shape index (κ1) is 26.1. The van der Waals surface area contributed by atoms with Crippen molar-refractivity contribution < 1.29 is 43.9 Å². The first-order valence-corrected chi connectivity index (χ1v) is 12.2. The molecule has 0 aromatic heterocycles. The van der Waals surface area contributed by atoms with E-state index in [4.69, 9.17) is 0 Å². The Hall–Kier alpha value is -4.86. The Morgan fingerprint density at radius 2 is 0.548 bits per heavy atom. The maximum absolute atomic E-state index is 15.1. The molecule has 0 aliphatic heterocycles. The molecule has 10 heteroatoms. The topological polar surface area (TPSA) is 0 Å². The van der Waals surface area contributed by atoms with Gasteiger partial charge in [0.2, 0.25) is 11.6 Å². The lowest BCUT2D eigenvalue weighted by molar-refractivity contribution is 0.376. The molecule has 2 aliphatic carbocycles. The van der Waals surface area contributed by atoms with Gasteiger partial charge in [0.1, 0.15) is 0 Å². The van der Waals surface area contributed by atoms with Gasteiger partial charge in [0.05, 0.1) is 11.1 Å². The highest BCUT2D eigenvalue weighted by molar-refractivity contribution is 6.01. The molecular weight excluding hydrogens is 574 g/mol. The molecule has 5 aromatic carbocycles. The van der Waals surface area contributed by atoms with Gasteiger partial charge in [0, 0.05) is 11.1 Å². The predicted molar refractivity (Wildman–Crippen MR) is 132 cm³/mol.